The molecule has 1 saturated carbocycles. The maximum atomic E-state index is 13.7. The van der Waals surface area contributed by atoms with E-state index in [1.54, 1.807) is 0 Å². The number of amides is 1. The van der Waals surface area contributed by atoms with Crippen molar-refractivity contribution in [2.45, 2.75) is 58.0 Å². The van der Waals surface area contributed by atoms with E-state index in [0.717, 1.165) is 48.8 Å². The zero-order valence-corrected chi connectivity index (χ0v) is 19.3. The molecule has 0 radical (unpaired) electrons. The summed E-state index contributed by atoms with van der Waals surface area (Å²) in [6.07, 6.45) is 6.30. The lowest BCUT2D eigenvalue weighted by molar-refractivity contribution is -0.125. The lowest BCUT2D eigenvalue weighted by Crippen LogP contribution is -2.47. The Morgan fingerprint density at radius 2 is 1.79 bits per heavy atom. The molecule has 1 aromatic heterocycles. The molecule has 2 aromatic carbocycles. The quantitative estimate of drug-likeness (QED) is 0.645. The molecule has 33 heavy (non-hydrogen) atoms. The van der Waals surface area contributed by atoms with Crippen LogP contribution in [0.5, 0.6) is 0 Å². The Labute approximate surface area is 194 Å². The summed E-state index contributed by atoms with van der Waals surface area (Å²) >= 11 is 0. The molecule has 0 unspecified atom stereocenters. The van der Waals surface area contributed by atoms with Crippen molar-refractivity contribution >= 4 is 22.8 Å². The lowest BCUT2D eigenvalue weighted by Gasteiger charge is -2.33. The molecule has 2 fully saturated rings. The Hall–Kier alpha value is -3.15. The zero-order chi connectivity index (χ0) is 22.8. The number of piperidine rings is 1. The SMILES string of the molecule is Cc1ccc(Cn2c(=O)c(N3CCC[C@H](C(=O)NC4CCCC4)C3)nc3ccccc32)cc1. The van der Waals surface area contributed by atoms with Crippen molar-refractivity contribution in [1.82, 2.24) is 14.9 Å². The molecule has 2 heterocycles. The maximum Gasteiger partial charge on any atom is 0.294 e. The Kier molecular flexibility index (Phi) is 6.16. The van der Waals surface area contributed by atoms with Gasteiger partial charge in [-0.05, 0) is 50.3 Å². The first-order valence-electron chi connectivity index (χ1n) is 12.2. The topological polar surface area (TPSA) is 67.2 Å². The number of anilines is 1. The van der Waals surface area contributed by atoms with E-state index in [1.807, 2.05) is 33.7 Å². The molecule has 1 aliphatic heterocycles. The summed E-state index contributed by atoms with van der Waals surface area (Å²) in [6.45, 7) is 3.85. The van der Waals surface area contributed by atoms with Crippen LogP contribution in [0.1, 0.15) is 49.7 Å². The average Bonchev–Trinajstić information content (AvgIpc) is 3.35. The first kappa shape index (κ1) is 21.7. The molecule has 6 heteroatoms. The highest BCUT2D eigenvalue weighted by Crippen LogP contribution is 2.24. The Morgan fingerprint density at radius 1 is 1.03 bits per heavy atom. The molecule has 1 N–H and O–H groups in total. The number of hydrogen-bond donors (Lipinski definition) is 1. The van der Waals surface area contributed by atoms with E-state index in [4.69, 9.17) is 4.98 Å². The third kappa shape index (κ3) is 4.65. The number of aryl methyl sites for hydroxylation is 1. The minimum absolute atomic E-state index is 0.0915. The van der Waals surface area contributed by atoms with Gasteiger partial charge in [0.2, 0.25) is 5.91 Å². The molecule has 6 nitrogen and oxygen atoms in total. The fourth-order valence-corrected chi connectivity index (χ4v) is 5.19. The summed E-state index contributed by atoms with van der Waals surface area (Å²) in [5.41, 5.74) is 3.82. The van der Waals surface area contributed by atoms with Crippen molar-refractivity contribution in [3.63, 3.8) is 0 Å². The van der Waals surface area contributed by atoms with E-state index in [0.29, 0.717) is 24.9 Å². The van der Waals surface area contributed by atoms with Crippen molar-refractivity contribution in [3.8, 4) is 0 Å². The van der Waals surface area contributed by atoms with Gasteiger partial charge >= 0.3 is 0 Å². The van der Waals surface area contributed by atoms with Crippen molar-refractivity contribution in [1.29, 1.82) is 0 Å². The lowest BCUT2D eigenvalue weighted by atomic mass is 9.96. The number of aromatic nitrogens is 2. The van der Waals surface area contributed by atoms with Gasteiger partial charge in [0.05, 0.1) is 23.5 Å². The summed E-state index contributed by atoms with van der Waals surface area (Å²) in [6, 6.07) is 16.4. The van der Waals surface area contributed by atoms with Crippen LogP contribution < -0.4 is 15.8 Å². The molecule has 0 bridgehead atoms. The maximum absolute atomic E-state index is 13.7. The van der Waals surface area contributed by atoms with Crippen LogP contribution in [0.15, 0.2) is 53.3 Å². The minimum atomic E-state index is -0.0995. The number of nitrogens with zero attached hydrogens (tertiary/aromatic N) is 3. The van der Waals surface area contributed by atoms with Gasteiger partial charge in [0.1, 0.15) is 0 Å². The molecule has 1 aliphatic carbocycles. The predicted octanol–water partition coefficient (Wildman–Crippen LogP) is 4.03. The molecule has 1 saturated heterocycles. The Morgan fingerprint density at radius 3 is 2.58 bits per heavy atom. The molecule has 172 valence electrons. The second kappa shape index (κ2) is 9.38. The summed E-state index contributed by atoms with van der Waals surface area (Å²) in [7, 11) is 0. The first-order valence-corrected chi connectivity index (χ1v) is 12.2. The van der Waals surface area contributed by atoms with Crippen LogP contribution in [-0.4, -0.2) is 34.6 Å². The summed E-state index contributed by atoms with van der Waals surface area (Å²) < 4.78 is 1.82. The molecule has 2 aliphatic rings. The molecule has 3 aromatic rings. The number of rotatable bonds is 5. The van der Waals surface area contributed by atoms with Crippen LogP contribution in [0.25, 0.3) is 11.0 Å². The van der Waals surface area contributed by atoms with Crippen LogP contribution in [-0.2, 0) is 11.3 Å². The molecule has 1 atom stereocenters. The molecule has 0 spiro atoms. The Balaban J connectivity index is 1.44. The van der Waals surface area contributed by atoms with E-state index in [-0.39, 0.29) is 17.4 Å². The summed E-state index contributed by atoms with van der Waals surface area (Å²) in [5, 5.41) is 3.24. The van der Waals surface area contributed by atoms with Crippen LogP contribution in [0.2, 0.25) is 0 Å². The third-order valence-electron chi connectivity index (χ3n) is 7.09. The smallest absolute Gasteiger partial charge is 0.294 e. The largest absolute Gasteiger partial charge is 0.353 e. The molecular weight excluding hydrogens is 412 g/mol. The highest BCUT2D eigenvalue weighted by molar-refractivity contribution is 5.80. The number of para-hydroxylation sites is 2. The van der Waals surface area contributed by atoms with Crippen molar-refractivity contribution in [3.05, 3.63) is 70.0 Å². The molecular formula is C27H32N4O2. The van der Waals surface area contributed by atoms with Gasteiger partial charge in [0, 0.05) is 19.1 Å². The highest BCUT2D eigenvalue weighted by Gasteiger charge is 2.30. The van der Waals surface area contributed by atoms with E-state index in [1.165, 1.54) is 18.4 Å². The van der Waals surface area contributed by atoms with Gasteiger partial charge in [-0.25, -0.2) is 4.98 Å². The normalized spacial score (nSPS) is 19.2. The summed E-state index contributed by atoms with van der Waals surface area (Å²) in [4.78, 5) is 33.4. The van der Waals surface area contributed by atoms with Crippen LogP contribution in [0.3, 0.4) is 0 Å². The van der Waals surface area contributed by atoms with Gasteiger partial charge in [0.25, 0.3) is 5.56 Å². The van der Waals surface area contributed by atoms with Gasteiger partial charge in [-0.1, -0.05) is 54.8 Å². The second-order valence-corrected chi connectivity index (χ2v) is 9.58. The highest BCUT2D eigenvalue weighted by atomic mass is 16.2. The van der Waals surface area contributed by atoms with Gasteiger partial charge < -0.3 is 10.2 Å². The minimum Gasteiger partial charge on any atom is -0.353 e. The van der Waals surface area contributed by atoms with E-state index >= 15 is 0 Å². The predicted molar refractivity (Wildman–Crippen MR) is 132 cm³/mol. The van der Waals surface area contributed by atoms with Crippen LogP contribution in [0.4, 0.5) is 5.82 Å². The Bertz CT molecular complexity index is 1190. The van der Waals surface area contributed by atoms with E-state index < -0.39 is 0 Å². The van der Waals surface area contributed by atoms with Crippen molar-refractivity contribution in [2.24, 2.45) is 5.92 Å². The number of benzene rings is 2. The van der Waals surface area contributed by atoms with E-state index in [2.05, 4.69) is 36.5 Å². The van der Waals surface area contributed by atoms with Gasteiger partial charge in [-0.3, -0.25) is 14.2 Å². The van der Waals surface area contributed by atoms with Crippen LogP contribution in [0, 0.1) is 12.8 Å². The second-order valence-electron chi connectivity index (χ2n) is 9.58. The number of carbonyl (C=O) groups excluding carboxylic acids is 1. The van der Waals surface area contributed by atoms with E-state index in [9.17, 15) is 9.59 Å². The number of hydrogen-bond acceptors (Lipinski definition) is 4. The molecule has 5 rings (SSSR count). The standard InChI is InChI=1S/C27H32N4O2/c1-19-12-14-20(15-13-19)17-31-24-11-5-4-10-23(24)29-25(27(31)33)30-16-6-7-21(18-30)26(32)28-22-8-2-3-9-22/h4-5,10-15,21-22H,2-3,6-9,16-18H2,1H3,(H,28,32)/t21-/m0/s1. The average molecular weight is 445 g/mol. The van der Waals surface area contributed by atoms with Gasteiger partial charge in [0.15, 0.2) is 5.82 Å². The number of fused-ring (bicyclic) bond motifs is 1. The van der Waals surface area contributed by atoms with Gasteiger partial charge in [-0.15, -0.1) is 0 Å². The fraction of sp³-hybridized carbons (Fsp3) is 0.444. The third-order valence-corrected chi connectivity index (χ3v) is 7.09. The van der Waals surface area contributed by atoms with Crippen molar-refractivity contribution in [2.75, 3.05) is 18.0 Å². The molecule has 1 amide bonds. The van der Waals surface area contributed by atoms with Crippen molar-refractivity contribution < 1.29 is 4.79 Å². The number of nitrogens with one attached hydrogen (secondary N) is 1. The summed E-state index contributed by atoms with van der Waals surface area (Å²) in [5.74, 6) is 0.490. The monoisotopic (exact) mass is 444 g/mol. The van der Waals surface area contributed by atoms with Crippen LogP contribution >= 0.6 is 0 Å². The fourth-order valence-electron chi connectivity index (χ4n) is 5.19. The van der Waals surface area contributed by atoms with Gasteiger partial charge in [-0.2, -0.15) is 0 Å². The first-order chi connectivity index (χ1) is 16.1. The number of carbonyl (C=O) groups is 1. The zero-order valence-electron chi connectivity index (χ0n) is 19.3.